The van der Waals surface area contributed by atoms with Gasteiger partial charge in [0.05, 0.1) is 11.9 Å². The summed E-state index contributed by atoms with van der Waals surface area (Å²) >= 11 is 6.04. The van der Waals surface area contributed by atoms with Gasteiger partial charge in [-0.15, -0.1) is 0 Å². The van der Waals surface area contributed by atoms with Gasteiger partial charge >= 0.3 is 0 Å². The summed E-state index contributed by atoms with van der Waals surface area (Å²) in [5.41, 5.74) is 1.23. The Morgan fingerprint density at radius 3 is 2.17 bits per heavy atom. The van der Waals surface area contributed by atoms with Crippen molar-refractivity contribution in [1.29, 1.82) is 0 Å². The van der Waals surface area contributed by atoms with Crippen LogP contribution < -0.4 is 9.62 Å². The smallest absolute Gasteiger partial charge is 0.244 e. The number of sulfonamides is 1. The number of rotatable bonds is 12. The van der Waals surface area contributed by atoms with Crippen LogP contribution in [0.2, 0.25) is 5.02 Å². The number of benzene rings is 3. The molecule has 0 aliphatic rings. The minimum Gasteiger partial charge on any atom is -0.352 e. The number of nitrogens with one attached hydrogen (secondary N) is 1. The number of halogens is 3. The van der Waals surface area contributed by atoms with Crippen LogP contribution in [0.15, 0.2) is 72.8 Å². The summed E-state index contributed by atoms with van der Waals surface area (Å²) in [6.07, 6.45) is 1.68. The third-order valence-electron chi connectivity index (χ3n) is 6.41. The predicted molar refractivity (Wildman–Crippen MR) is 152 cm³/mol. The normalized spacial score (nSPS) is 12.8. The summed E-state index contributed by atoms with van der Waals surface area (Å²) in [5.74, 6) is -3.52. The molecule has 0 radical (unpaired) electrons. The molecular formula is C29H32ClF2N3O4S. The number of hydrogen-bond acceptors (Lipinski definition) is 4. The maximum Gasteiger partial charge on any atom is 0.244 e. The summed E-state index contributed by atoms with van der Waals surface area (Å²) in [6, 6.07) is 17.2. The van der Waals surface area contributed by atoms with Crippen LogP contribution in [0.3, 0.4) is 0 Å². The highest BCUT2D eigenvalue weighted by Crippen LogP contribution is 2.23. The molecule has 0 aliphatic carbocycles. The Bertz CT molecular complexity index is 1420. The SMILES string of the molecule is CCC(C)NC(=O)C(Cc1ccccc1)N(Cc1ccc(Cl)cc1)C(=O)CN(c1ccc(F)c(F)c1)S(C)(=O)=O. The van der Waals surface area contributed by atoms with Crippen LogP contribution in [-0.4, -0.2) is 50.0 Å². The van der Waals surface area contributed by atoms with Gasteiger partial charge in [-0.25, -0.2) is 17.2 Å². The predicted octanol–water partition coefficient (Wildman–Crippen LogP) is 4.94. The molecule has 0 bridgehead atoms. The first-order valence-corrected chi connectivity index (χ1v) is 14.9. The van der Waals surface area contributed by atoms with E-state index in [0.717, 1.165) is 24.0 Å². The lowest BCUT2D eigenvalue weighted by Gasteiger charge is -2.34. The van der Waals surface area contributed by atoms with Crippen LogP contribution in [0.1, 0.15) is 31.4 Å². The van der Waals surface area contributed by atoms with Crippen molar-refractivity contribution in [3.05, 3.63) is 101 Å². The number of hydrogen-bond donors (Lipinski definition) is 1. The van der Waals surface area contributed by atoms with Gasteiger partial charge in [-0.2, -0.15) is 0 Å². The van der Waals surface area contributed by atoms with Crippen LogP contribution in [0.5, 0.6) is 0 Å². The van der Waals surface area contributed by atoms with Crippen molar-refractivity contribution in [2.75, 3.05) is 17.1 Å². The Morgan fingerprint density at radius 1 is 0.950 bits per heavy atom. The summed E-state index contributed by atoms with van der Waals surface area (Å²) in [5, 5.41) is 3.42. The van der Waals surface area contributed by atoms with E-state index in [1.165, 1.54) is 4.90 Å². The summed E-state index contributed by atoms with van der Waals surface area (Å²) in [7, 11) is -4.10. The zero-order chi connectivity index (χ0) is 29.4. The molecule has 7 nitrogen and oxygen atoms in total. The third kappa shape index (κ3) is 8.50. The van der Waals surface area contributed by atoms with Gasteiger partial charge in [0, 0.05) is 30.1 Å². The molecule has 214 valence electrons. The Kier molecular flexibility index (Phi) is 10.6. The van der Waals surface area contributed by atoms with Gasteiger partial charge in [-0.1, -0.05) is 61.0 Å². The first kappa shape index (κ1) is 31.0. The summed E-state index contributed by atoms with van der Waals surface area (Å²) in [6.45, 7) is 2.99. The molecule has 0 saturated heterocycles. The summed E-state index contributed by atoms with van der Waals surface area (Å²) in [4.78, 5) is 28.8. The maximum absolute atomic E-state index is 14.0. The van der Waals surface area contributed by atoms with Crippen LogP contribution in [0, 0.1) is 11.6 Å². The standard InChI is InChI=1S/C29H32ClF2N3O4S/c1-4-20(2)33-29(37)27(16-21-8-6-5-7-9-21)34(18-22-10-12-23(30)13-11-22)28(36)19-35(40(3,38)39)24-14-15-25(31)26(32)17-24/h5-15,17,20,27H,4,16,18-19H2,1-3H3,(H,33,37). The average Bonchev–Trinajstić information content (AvgIpc) is 2.91. The highest BCUT2D eigenvalue weighted by Gasteiger charge is 2.33. The van der Waals surface area contributed by atoms with Crippen molar-refractivity contribution in [2.24, 2.45) is 0 Å². The number of carbonyl (C=O) groups excluding carboxylic acids is 2. The topological polar surface area (TPSA) is 86.8 Å². The molecule has 2 amide bonds. The highest BCUT2D eigenvalue weighted by atomic mass is 35.5. The first-order chi connectivity index (χ1) is 18.9. The fraction of sp³-hybridized carbons (Fsp3) is 0.310. The fourth-order valence-corrected chi connectivity index (χ4v) is 5.00. The van der Waals surface area contributed by atoms with Crippen molar-refractivity contribution < 1.29 is 26.8 Å². The van der Waals surface area contributed by atoms with Gasteiger partial charge in [-0.05, 0) is 48.7 Å². The van der Waals surface area contributed by atoms with Gasteiger partial charge in [-0.3, -0.25) is 13.9 Å². The second kappa shape index (κ2) is 13.7. The molecule has 2 unspecified atom stereocenters. The van der Waals surface area contributed by atoms with Crippen LogP contribution in [-0.2, 0) is 32.6 Å². The fourth-order valence-electron chi connectivity index (χ4n) is 4.04. The molecular weight excluding hydrogens is 560 g/mol. The second-order valence-corrected chi connectivity index (χ2v) is 11.9. The number of amides is 2. The largest absolute Gasteiger partial charge is 0.352 e. The number of anilines is 1. The molecule has 0 aromatic heterocycles. The number of nitrogens with zero attached hydrogens (tertiary/aromatic N) is 2. The van der Waals surface area contributed by atoms with E-state index in [4.69, 9.17) is 11.6 Å². The molecule has 0 aliphatic heterocycles. The highest BCUT2D eigenvalue weighted by molar-refractivity contribution is 7.92. The van der Waals surface area contributed by atoms with E-state index in [1.54, 1.807) is 24.3 Å². The van der Waals surface area contributed by atoms with E-state index >= 15 is 0 Å². The lowest BCUT2D eigenvalue weighted by Crippen LogP contribution is -2.54. The van der Waals surface area contributed by atoms with Crippen molar-refractivity contribution >= 4 is 39.1 Å². The quantitative estimate of drug-likeness (QED) is 0.323. The molecule has 2 atom stereocenters. The Hall–Kier alpha value is -3.50. The first-order valence-electron chi connectivity index (χ1n) is 12.7. The van der Waals surface area contributed by atoms with Crippen LogP contribution >= 0.6 is 11.6 Å². The minimum absolute atomic E-state index is 0.0309. The maximum atomic E-state index is 14.0. The van der Waals surface area contributed by atoms with Crippen LogP contribution in [0.25, 0.3) is 0 Å². The molecule has 3 aromatic carbocycles. The third-order valence-corrected chi connectivity index (χ3v) is 7.80. The molecule has 3 aromatic rings. The number of carbonyl (C=O) groups is 2. The zero-order valence-corrected chi connectivity index (χ0v) is 24.1. The van der Waals surface area contributed by atoms with E-state index in [-0.39, 0.29) is 24.7 Å². The molecule has 0 fully saturated rings. The van der Waals surface area contributed by atoms with Gasteiger partial charge in [0.15, 0.2) is 11.6 Å². The van der Waals surface area contributed by atoms with Gasteiger partial charge < -0.3 is 10.2 Å². The van der Waals surface area contributed by atoms with Crippen molar-refractivity contribution in [1.82, 2.24) is 10.2 Å². The van der Waals surface area contributed by atoms with E-state index in [1.807, 2.05) is 44.2 Å². The molecule has 40 heavy (non-hydrogen) atoms. The summed E-state index contributed by atoms with van der Waals surface area (Å²) < 4.78 is 53.7. The molecule has 1 N–H and O–H groups in total. The molecule has 0 saturated carbocycles. The average molecular weight is 592 g/mol. The Labute approximate surface area is 238 Å². The second-order valence-electron chi connectivity index (χ2n) is 9.54. The molecule has 0 spiro atoms. The lowest BCUT2D eigenvalue weighted by atomic mass is 10.0. The molecule has 11 heteroatoms. The van der Waals surface area contributed by atoms with Crippen molar-refractivity contribution in [3.63, 3.8) is 0 Å². The van der Waals surface area contributed by atoms with E-state index in [9.17, 15) is 26.8 Å². The monoisotopic (exact) mass is 591 g/mol. The Morgan fingerprint density at radius 2 is 1.60 bits per heavy atom. The lowest BCUT2D eigenvalue weighted by molar-refractivity contribution is -0.140. The van der Waals surface area contributed by atoms with E-state index in [2.05, 4.69) is 5.32 Å². The molecule has 3 rings (SSSR count). The van der Waals surface area contributed by atoms with Crippen molar-refractivity contribution in [3.8, 4) is 0 Å². The van der Waals surface area contributed by atoms with Crippen molar-refractivity contribution in [2.45, 2.75) is 45.3 Å². The van der Waals surface area contributed by atoms with E-state index in [0.29, 0.717) is 27.4 Å². The van der Waals surface area contributed by atoms with Gasteiger partial charge in [0.25, 0.3) is 0 Å². The van der Waals surface area contributed by atoms with Crippen LogP contribution in [0.4, 0.5) is 14.5 Å². The van der Waals surface area contributed by atoms with Gasteiger partial charge in [0.2, 0.25) is 21.8 Å². The minimum atomic E-state index is -4.10. The Balaban J connectivity index is 2.06. The zero-order valence-electron chi connectivity index (χ0n) is 22.5. The van der Waals surface area contributed by atoms with Gasteiger partial charge in [0.1, 0.15) is 12.6 Å². The van der Waals surface area contributed by atoms with E-state index < -0.39 is 46.1 Å². The molecule has 0 heterocycles.